The molecule has 3 aromatic rings. The lowest BCUT2D eigenvalue weighted by Crippen LogP contribution is -2.30. The van der Waals surface area contributed by atoms with Crippen LogP contribution in [-0.4, -0.2) is 70.9 Å². The first-order valence-electron chi connectivity index (χ1n) is 11.9. The molecule has 0 amide bonds. The van der Waals surface area contributed by atoms with E-state index in [1.807, 2.05) is 0 Å². The molecule has 1 unspecified atom stereocenters. The summed E-state index contributed by atoms with van der Waals surface area (Å²) in [5, 5.41) is 42.8. The molecule has 2 fully saturated rings. The van der Waals surface area contributed by atoms with Crippen LogP contribution in [0.3, 0.4) is 0 Å². The van der Waals surface area contributed by atoms with Gasteiger partial charge in [0.05, 0.1) is 12.1 Å². The Morgan fingerprint density at radius 3 is 2.69 bits per heavy atom. The highest BCUT2D eigenvalue weighted by molar-refractivity contribution is 7.99. The van der Waals surface area contributed by atoms with E-state index >= 15 is 0 Å². The number of benzene rings is 1. The number of nitrogens with zero attached hydrogens (tertiary/aromatic N) is 5. The molecule has 35 heavy (non-hydrogen) atoms. The smallest absolute Gasteiger partial charge is 0.191 e. The van der Waals surface area contributed by atoms with Gasteiger partial charge in [0.1, 0.15) is 6.10 Å². The van der Waals surface area contributed by atoms with E-state index in [1.54, 1.807) is 6.07 Å². The van der Waals surface area contributed by atoms with Gasteiger partial charge in [0.25, 0.3) is 0 Å². The van der Waals surface area contributed by atoms with Gasteiger partial charge in [-0.05, 0) is 37.0 Å². The van der Waals surface area contributed by atoms with Gasteiger partial charge in [-0.2, -0.15) is 0 Å². The van der Waals surface area contributed by atoms with E-state index < -0.39 is 35.8 Å². The number of nitrogens with one attached hydrogen (secondary N) is 1. The Labute approximate surface area is 205 Å². The molecule has 2 aliphatic rings. The number of fused-ring (bicyclic) bond motifs is 1. The number of hydrogen-bond acceptors (Lipinski definition) is 9. The fraction of sp³-hybridized carbons (Fsp3) is 0.565. The fourth-order valence-corrected chi connectivity index (χ4v) is 5.59. The van der Waals surface area contributed by atoms with Crippen molar-refractivity contribution in [3.05, 3.63) is 35.4 Å². The Morgan fingerprint density at radius 1 is 1.14 bits per heavy atom. The van der Waals surface area contributed by atoms with E-state index in [2.05, 4.69) is 32.5 Å². The molecule has 9 nitrogen and oxygen atoms in total. The zero-order valence-electron chi connectivity index (χ0n) is 19.2. The quantitative estimate of drug-likeness (QED) is 0.197. The number of aliphatic hydroxyl groups is 3. The van der Waals surface area contributed by atoms with Crippen molar-refractivity contribution in [2.45, 2.75) is 68.0 Å². The molecule has 2 aliphatic carbocycles. The number of anilines is 1. The third-order valence-electron chi connectivity index (χ3n) is 6.84. The van der Waals surface area contributed by atoms with Crippen molar-refractivity contribution in [1.82, 2.24) is 25.0 Å². The first-order chi connectivity index (χ1) is 16.9. The zero-order chi connectivity index (χ0) is 24.7. The SMILES string of the molecule is CCCCSc1nc(N[C@H]2CC2c2ccc(F)c(F)c2)c2nnn([C@@H]3C[C@H](CO)[C@@H](O)[C@H]3O)c2n1. The first-order valence-corrected chi connectivity index (χ1v) is 12.8. The lowest BCUT2D eigenvalue weighted by Gasteiger charge is -2.17. The van der Waals surface area contributed by atoms with Crippen LogP contribution in [-0.2, 0) is 0 Å². The number of aromatic nitrogens is 5. The van der Waals surface area contributed by atoms with E-state index in [0.29, 0.717) is 34.1 Å². The van der Waals surface area contributed by atoms with E-state index in [-0.39, 0.29) is 18.6 Å². The predicted octanol–water partition coefficient (Wildman–Crippen LogP) is 2.63. The van der Waals surface area contributed by atoms with Gasteiger partial charge in [-0.1, -0.05) is 36.4 Å². The Hall–Kier alpha value is -2.41. The Balaban J connectivity index is 1.44. The molecular weight excluding hydrogens is 478 g/mol. The fourth-order valence-electron chi connectivity index (χ4n) is 4.67. The van der Waals surface area contributed by atoms with Gasteiger partial charge in [0, 0.05) is 30.2 Å². The summed E-state index contributed by atoms with van der Waals surface area (Å²) >= 11 is 1.51. The highest BCUT2D eigenvalue weighted by atomic mass is 32.2. The monoisotopic (exact) mass is 506 g/mol. The highest BCUT2D eigenvalue weighted by Crippen LogP contribution is 2.44. The minimum atomic E-state index is -1.11. The van der Waals surface area contributed by atoms with Crippen LogP contribution in [0.15, 0.2) is 23.4 Å². The summed E-state index contributed by atoms with van der Waals surface area (Å²) in [6, 6.07) is 3.34. The van der Waals surface area contributed by atoms with Crippen LogP contribution in [0.4, 0.5) is 14.6 Å². The summed E-state index contributed by atoms with van der Waals surface area (Å²) in [6.45, 7) is 1.86. The maximum atomic E-state index is 13.7. The standard InChI is InChI=1S/C23H28F2N6O3S/c1-2-3-6-35-23-27-21(26-16-9-13(16)11-4-5-14(24)15(25)7-11)18-22(28-23)31(30-29-18)17-8-12(10-32)19(33)20(17)34/h4-5,7,12-13,16-17,19-20,32-34H,2-3,6,8-10H2,1H3,(H,26,27,28)/t12-,13?,16+,17-,19-,20+/m1/s1. The molecule has 0 saturated heterocycles. The Morgan fingerprint density at radius 2 is 1.97 bits per heavy atom. The topological polar surface area (TPSA) is 129 Å². The minimum absolute atomic E-state index is 0.0125. The Kier molecular flexibility index (Phi) is 6.88. The molecule has 0 aliphatic heterocycles. The van der Waals surface area contributed by atoms with E-state index in [4.69, 9.17) is 0 Å². The molecule has 188 valence electrons. The maximum Gasteiger partial charge on any atom is 0.191 e. The third kappa shape index (κ3) is 4.72. The van der Waals surface area contributed by atoms with Gasteiger partial charge < -0.3 is 20.6 Å². The van der Waals surface area contributed by atoms with Crippen LogP contribution in [0.25, 0.3) is 11.2 Å². The van der Waals surface area contributed by atoms with Crippen LogP contribution in [0.1, 0.15) is 50.1 Å². The second kappa shape index (κ2) is 9.92. The average Bonchev–Trinajstić information content (AvgIpc) is 3.39. The summed E-state index contributed by atoms with van der Waals surface area (Å²) < 4.78 is 28.5. The molecule has 0 radical (unpaired) electrons. The van der Waals surface area contributed by atoms with Crippen molar-refractivity contribution in [3.63, 3.8) is 0 Å². The van der Waals surface area contributed by atoms with E-state index in [0.717, 1.165) is 31.1 Å². The molecule has 12 heteroatoms. The predicted molar refractivity (Wildman–Crippen MR) is 126 cm³/mol. The summed E-state index contributed by atoms with van der Waals surface area (Å²) in [4.78, 5) is 9.31. The van der Waals surface area contributed by atoms with E-state index in [1.165, 1.54) is 22.5 Å². The van der Waals surface area contributed by atoms with Crippen LogP contribution < -0.4 is 5.32 Å². The number of hydrogen-bond donors (Lipinski definition) is 4. The van der Waals surface area contributed by atoms with Gasteiger partial charge in [-0.25, -0.2) is 23.4 Å². The molecule has 0 spiro atoms. The molecule has 2 saturated carbocycles. The molecule has 1 aromatic carbocycles. The molecule has 5 rings (SSSR count). The van der Waals surface area contributed by atoms with Gasteiger partial charge in [-0.3, -0.25) is 0 Å². The lowest BCUT2D eigenvalue weighted by atomic mass is 10.1. The third-order valence-corrected chi connectivity index (χ3v) is 7.77. The average molecular weight is 507 g/mol. The zero-order valence-corrected chi connectivity index (χ0v) is 20.0. The second-order valence-electron chi connectivity index (χ2n) is 9.26. The van der Waals surface area contributed by atoms with Crippen molar-refractivity contribution in [3.8, 4) is 0 Å². The molecular formula is C23H28F2N6O3S. The van der Waals surface area contributed by atoms with Gasteiger partial charge in [0.15, 0.2) is 33.8 Å². The van der Waals surface area contributed by atoms with Crippen molar-refractivity contribution in [1.29, 1.82) is 0 Å². The van der Waals surface area contributed by atoms with Crippen LogP contribution in [0, 0.1) is 17.6 Å². The van der Waals surface area contributed by atoms with Crippen LogP contribution in [0.5, 0.6) is 0 Å². The van der Waals surface area contributed by atoms with E-state index in [9.17, 15) is 24.1 Å². The number of aliphatic hydroxyl groups excluding tert-OH is 3. The molecule has 2 heterocycles. The minimum Gasteiger partial charge on any atom is -0.396 e. The number of thioether (sulfide) groups is 1. The normalized spacial score (nSPS) is 28.1. The van der Waals surface area contributed by atoms with Gasteiger partial charge in [-0.15, -0.1) is 5.10 Å². The highest BCUT2D eigenvalue weighted by Gasteiger charge is 2.44. The number of unbranched alkanes of at least 4 members (excludes halogenated alkanes) is 1. The van der Waals surface area contributed by atoms with Crippen molar-refractivity contribution >= 4 is 28.7 Å². The summed E-state index contributed by atoms with van der Waals surface area (Å²) in [5.74, 6) is -0.865. The molecule has 0 bridgehead atoms. The largest absolute Gasteiger partial charge is 0.396 e. The number of halogens is 2. The molecule has 2 aromatic heterocycles. The summed E-state index contributed by atoms with van der Waals surface area (Å²) in [5.41, 5.74) is 1.57. The summed E-state index contributed by atoms with van der Waals surface area (Å²) in [6.07, 6.45) is 0.926. The van der Waals surface area contributed by atoms with Gasteiger partial charge >= 0.3 is 0 Å². The maximum absolute atomic E-state index is 13.7. The first kappa shape index (κ1) is 24.3. The number of rotatable bonds is 9. The van der Waals surface area contributed by atoms with Crippen LogP contribution >= 0.6 is 11.8 Å². The molecule has 6 atom stereocenters. The van der Waals surface area contributed by atoms with Crippen LogP contribution in [0.2, 0.25) is 0 Å². The van der Waals surface area contributed by atoms with Crippen molar-refractivity contribution < 1.29 is 24.1 Å². The Bertz CT molecular complexity index is 1210. The van der Waals surface area contributed by atoms with Crippen molar-refractivity contribution in [2.24, 2.45) is 5.92 Å². The summed E-state index contributed by atoms with van der Waals surface area (Å²) in [7, 11) is 0. The second-order valence-corrected chi connectivity index (χ2v) is 10.3. The lowest BCUT2D eigenvalue weighted by molar-refractivity contribution is -0.00512. The van der Waals surface area contributed by atoms with Gasteiger partial charge in [0.2, 0.25) is 0 Å². The van der Waals surface area contributed by atoms with Crippen molar-refractivity contribution in [2.75, 3.05) is 17.7 Å². The molecule has 4 N–H and O–H groups in total.